The molecule has 1 aliphatic rings. The molecule has 1 aromatic heterocycles. The molecule has 82 valence electrons. The normalized spacial score (nSPS) is 20.4. The van der Waals surface area contributed by atoms with Crippen molar-refractivity contribution in [2.75, 3.05) is 6.54 Å². The lowest BCUT2D eigenvalue weighted by Gasteiger charge is -2.12. The van der Waals surface area contributed by atoms with Crippen molar-refractivity contribution < 1.29 is 0 Å². The minimum atomic E-state index is 0.379. The third kappa shape index (κ3) is 1.72. The molecule has 0 radical (unpaired) electrons. The summed E-state index contributed by atoms with van der Waals surface area (Å²) in [5, 5.41) is 4.64. The van der Waals surface area contributed by atoms with Gasteiger partial charge in [-0.3, -0.25) is 0 Å². The second-order valence-electron chi connectivity index (χ2n) is 4.04. The van der Waals surface area contributed by atoms with Crippen molar-refractivity contribution in [3.63, 3.8) is 0 Å². The van der Waals surface area contributed by atoms with Gasteiger partial charge >= 0.3 is 0 Å². The summed E-state index contributed by atoms with van der Waals surface area (Å²) in [6, 6.07) is 8.55. The number of rotatable bonds is 1. The Hall–Kier alpha value is -1.00. The molecule has 1 atom stereocenters. The van der Waals surface area contributed by atoms with Crippen LogP contribution in [0, 0.1) is 0 Å². The number of nitrogens with one attached hydrogen (secondary N) is 1. The molecular formula is C12H12BrN3. The molecule has 3 nitrogen and oxygen atoms in total. The largest absolute Gasteiger partial charge is 0.309 e. The van der Waals surface area contributed by atoms with E-state index in [0.717, 1.165) is 29.6 Å². The maximum absolute atomic E-state index is 4.53. The number of fused-ring (bicyclic) bond motifs is 1. The SMILES string of the molecule is Brc1nc(C2CCCN2)c2ccccc2n1. The van der Waals surface area contributed by atoms with Crippen molar-refractivity contribution in [1.82, 2.24) is 15.3 Å². The zero-order valence-electron chi connectivity index (χ0n) is 8.78. The molecule has 1 unspecified atom stereocenters. The molecule has 16 heavy (non-hydrogen) atoms. The molecule has 2 aromatic rings. The summed E-state index contributed by atoms with van der Waals surface area (Å²) in [7, 11) is 0. The van der Waals surface area contributed by atoms with Crippen LogP contribution in [-0.4, -0.2) is 16.5 Å². The van der Waals surface area contributed by atoms with Gasteiger partial charge < -0.3 is 5.32 Å². The van der Waals surface area contributed by atoms with Gasteiger partial charge in [0.2, 0.25) is 0 Å². The molecule has 1 aromatic carbocycles. The summed E-state index contributed by atoms with van der Waals surface area (Å²) in [6.07, 6.45) is 2.38. The molecular weight excluding hydrogens is 266 g/mol. The van der Waals surface area contributed by atoms with Crippen molar-refractivity contribution >= 4 is 26.8 Å². The third-order valence-electron chi connectivity index (χ3n) is 3.00. The molecule has 0 aliphatic carbocycles. The summed E-state index contributed by atoms with van der Waals surface area (Å²) < 4.78 is 0.676. The van der Waals surface area contributed by atoms with Crippen molar-refractivity contribution in [1.29, 1.82) is 0 Å². The second kappa shape index (κ2) is 4.11. The first-order valence-corrected chi connectivity index (χ1v) is 6.29. The molecule has 1 aliphatic heterocycles. The van der Waals surface area contributed by atoms with Crippen LogP contribution in [0.15, 0.2) is 29.0 Å². The van der Waals surface area contributed by atoms with Crippen LogP contribution in [0.3, 0.4) is 0 Å². The topological polar surface area (TPSA) is 37.8 Å². The summed E-state index contributed by atoms with van der Waals surface area (Å²) in [6.45, 7) is 1.08. The quantitative estimate of drug-likeness (QED) is 0.815. The monoisotopic (exact) mass is 277 g/mol. The summed E-state index contributed by atoms with van der Waals surface area (Å²) in [5.41, 5.74) is 2.13. The van der Waals surface area contributed by atoms with Gasteiger partial charge in [-0.15, -0.1) is 0 Å². The molecule has 0 spiro atoms. The molecule has 0 saturated carbocycles. The Morgan fingerprint density at radius 3 is 2.94 bits per heavy atom. The van der Waals surface area contributed by atoms with Crippen molar-refractivity contribution in [2.45, 2.75) is 18.9 Å². The molecule has 3 rings (SSSR count). The lowest BCUT2D eigenvalue weighted by Crippen LogP contribution is -2.15. The molecule has 0 bridgehead atoms. The Morgan fingerprint density at radius 2 is 2.12 bits per heavy atom. The Labute approximate surface area is 102 Å². The van der Waals surface area contributed by atoms with Crippen LogP contribution in [0.5, 0.6) is 0 Å². The van der Waals surface area contributed by atoms with Crippen molar-refractivity contribution in [3.05, 3.63) is 34.7 Å². The maximum atomic E-state index is 4.53. The second-order valence-corrected chi connectivity index (χ2v) is 4.75. The highest BCUT2D eigenvalue weighted by atomic mass is 79.9. The zero-order chi connectivity index (χ0) is 11.0. The van der Waals surface area contributed by atoms with Gasteiger partial charge in [0.15, 0.2) is 4.73 Å². The van der Waals surface area contributed by atoms with E-state index in [1.807, 2.05) is 18.2 Å². The van der Waals surface area contributed by atoms with Gasteiger partial charge in [0.25, 0.3) is 0 Å². The van der Waals surface area contributed by atoms with Crippen molar-refractivity contribution in [2.24, 2.45) is 0 Å². The first-order valence-electron chi connectivity index (χ1n) is 5.50. The van der Waals surface area contributed by atoms with Gasteiger partial charge in [-0.25, -0.2) is 9.97 Å². The average Bonchev–Trinajstić information content (AvgIpc) is 2.81. The minimum Gasteiger partial charge on any atom is -0.309 e. The predicted octanol–water partition coefficient (Wildman–Crippen LogP) is 2.82. The number of benzene rings is 1. The molecule has 2 heterocycles. The standard InChI is InChI=1S/C12H12BrN3/c13-12-15-9-5-2-1-4-8(9)11(16-12)10-6-3-7-14-10/h1-2,4-5,10,14H,3,6-7H2. The number of halogens is 1. The third-order valence-corrected chi connectivity index (χ3v) is 3.35. The van der Waals surface area contributed by atoms with Crippen LogP contribution >= 0.6 is 15.9 Å². The summed E-state index contributed by atoms with van der Waals surface area (Å²) in [4.78, 5) is 8.91. The van der Waals surface area contributed by atoms with Crippen LogP contribution < -0.4 is 5.32 Å². The fraction of sp³-hybridized carbons (Fsp3) is 0.333. The van der Waals surface area contributed by atoms with Gasteiger partial charge in [0, 0.05) is 5.39 Å². The predicted molar refractivity (Wildman–Crippen MR) is 67.2 cm³/mol. The first-order chi connectivity index (χ1) is 7.84. The smallest absolute Gasteiger partial charge is 0.197 e. The molecule has 1 fully saturated rings. The van der Waals surface area contributed by atoms with E-state index in [0.29, 0.717) is 10.8 Å². The highest BCUT2D eigenvalue weighted by Crippen LogP contribution is 2.28. The van der Waals surface area contributed by atoms with E-state index in [2.05, 4.69) is 37.3 Å². The van der Waals surface area contributed by atoms with Gasteiger partial charge in [-0.05, 0) is 41.4 Å². The van der Waals surface area contributed by atoms with Crippen LogP contribution in [0.1, 0.15) is 24.6 Å². The van der Waals surface area contributed by atoms with Crippen LogP contribution in [0.2, 0.25) is 0 Å². The van der Waals surface area contributed by atoms with Crippen molar-refractivity contribution in [3.8, 4) is 0 Å². The lowest BCUT2D eigenvalue weighted by molar-refractivity contribution is 0.630. The van der Waals surface area contributed by atoms with Gasteiger partial charge in [-0.1, -0.05) is 18.2 Å². The van der Waals surface area contributed by atoms with E-state index in [4.69, 9.17) is 0 Å². The molecule has 0 amide bonds. The van der Waals surface area contributed by atoms with E-state index < -0.39 is 0 Å². The van der Waals surface area contributed by atoms with Crippen LogP contribution in [0.4, 0.5) is 0 Å². The average molecular weight is 278 g/mol. The highest BCUT2D eigenvalue weighted by molar-refractivity contribution is 9.10. The molecule has 4 heteroatoms. The van der Waals surface area contributed by atoms with Crippen LogP contribution in [-0.2, 0) is 0 Å². The molecule has 1 saturated heterocycles. The highest BCUT2D eigenvalue weighted by Gasteiger charge is 2.20. The number of aromatic nitrogens is 2. The van der Waals surface area contributed by atoms with E-state index in [1.54, 1.807) is 0 Å². The Balaban J connectivity index is 2.21. The maximum Gasteiger partial charge on any atom is 0.197 e. The Bertz CT molecular complexity index is 521. The minimum absolute atomic E-state index is 0.379. The number of hydrogen-bond donors (Lipinski definition) is 1. The number of nitrogens with zero attached hydrogens (tertiary/aromatic N) is 2. The van der Waals surface area contributed by atoms with Gasteiger partial charge in [0.1, 0.15) is 0 Å². The fourth-order valence-corrected chi connectivity index (χ4v) is 2.64. The Kier molecular flexibility index (Phi) is 2.61. The number of hydrogen-bond acceptors (Lipinski definition) is 3. The molecule has 1 N–H and O–H groups in total. The number of para-hydroxylation sites is 1. The van der Waals surface area contributed by atoms with E-state index in [-0.39, 0.29) is 0 Å². The van der Waals surface area contributed by atoms with E-state index >= 15 is 0 Å². The fourth-order valence-electron chi connectivity index (χ4n) is 2.26. The van der Waals surface area contributed by atoms with Crippen LogP contribution in [0.25, 0.3) is 10.9 Å². The van der Waals surface area contributed by atoms with Gasteiger partial charge in [0.05, 0.1) is 17.3 Å². The van der Waals surface area contributed by atoms with E-state index in [1.165, 1.54) is 6.42 Å². The lowest BCUT2D eigenvalue weighted by atomic mass is 10.1. The van der Waals surface area contributed by atoms with E-state index in [9.17, 15) is 0 Å². The Morgan fingerprint density at radius 1 is 1.25 bits per heavy atom. The summed E-state index contributed by atoms with van der Waals surface area (Å²) >= 11 is 3.38. The first kappa shape index (κ1) is 10.2. The van der Waals surface area contributed by atoms with Gasteiger partial charge in [-0.2, -0.15) is 0 Å². The summed E-state index contributed by atoms with van der Waals surface area (Å²) in [5.74, 6) is 0. The zero-order valence-corrected chi connectivity index (χ0v) is 10.4.